The van der Waals surface area contributed by atoms with Gasteiger partial charge in [0.15, 0.2) is 0 Å². The van der Waals surface area contributed by atoms with Crippen molar-refractivity contribution in [1.82, 2.24) is 4.90 Å². The molecule has 1 aliphatic rings. The zero-order chi connectivity index (χ0) is 14.4. The Hall–Kier alpha value is -0.970. The molecule has 2 rings (SSSR count). The van der Waals surface area contributed by atoms with Crippen molar-refractivity contribution in [2.75, 3.05) is 26.3 Å². The molecule has 1 aromatic carbocycles. The number of likely N-dealkylation sites (tertiary alicyclic amines) is 1. The van der Waals surface area contributed by atoms with Gasteiger partial charge in [0.05, 0.1) is 6.10 Å². The van der Waals surface area contributed by atoms with Gasteiger partial charge in [0.25, 0.3) is 0 Å². The monoisotopic (exact) mass is 281 g/mol. The van der Waals surface area contributed by atoms with E-state index < -0.39 is 0 Å². The van der Waals surface area contributed by atoms with Gasteiger partial charge < -0.3 is 9.84 Å². The molecule has 0 bridgehead atoms. The molecule has 0 unspecified atom stereocenters. The molecular formula is C16H24FNO2. The van der Waals surface area contributed by atoms with Crippen molar-refractivity contribution in [3.63, 3.8) is 0 Å². The van der Waals surface area contributed by atoms with Crippen LogP contribution in [0.1, 0.15) is 30.4 Å². The van der Waals surface area contributed by atoms with Crippen LogP contribution >= 0.6 is 0 Å². The molecule has 1 aliphatic heterocycles. The first-order valence-electron chi connectivity index (χ1n) is 7.39. The Balaban J connectivity index is 1.78. The van der Waals surface area contributed by atoms with Crippen LogP contribution in [-0.4, -0.2) is 42.4 Å². The van der Waals surface area contributed by atoms with E-state index in [0.29, 0.717) is 19.1 Å². The smallest absolute Gasteiger partial charge is 0.123 e. The van der Waals surface area contributed by atoms with Crippen molar-refractivity contribution >= 4 is 0 Å². The third-order valence-corrected chi connectivity index (χ3v) is 3.90. The maximum Gasteiger partial charge on any atom is 0.123 e. The van der Waals surface area contributed by atoms with E-state index in [1.807, 2.05) is 13.0 Å². The van der Waals surface area contributed by atoms with Crippen LogP contribution in [0.2, 0.25) is 0 Å². The molecule has 0 saturated carbocycles. The minimum atomic E-state index is -0.159. The fourth-order valence-corrected chi connectivity index (χ4v) is 2.60. The number of aliphatic hydroxyl groups is 1. The Morgan fingerprint density at radius 3 is 2.80 bits per heavy atom. The van der Waals surface area contributed by atoms with Gasteiger partial charge in [-0.3, -0.25) is 4.90 Å². The second-order valence-electron chi connectivity index (χ2n) is 5.49. The molecule has 3 nitrogen and oxygen atoms in total. The van der Waals surface area contributed by atoms with Crippen molar-refractivity contribution in [3.8, 4) is 0 Å². The average Bonchev–Trinajstić information content (AvgIpc) is 2.45. The molecule has 1 fully saturated rings. The van der Waals surface area contributed by atoms with E-state index in [4.69, 9.17) is 9.84 Å². The number of hydrogen-bond donors (Lipinski definition) is 1. The van der Waals surface area contributed by atoms with Crippen LogP contribution in [0.15, 0.2) is 18.2 Å². The van der Waals surface area contributed by atoms with E-state index in [0.717, 1.165) is 43.6 Å². The van der Waals surface area contributed by atoms with Gasteiger partial charge in [-0.2, -0.15) is 0 Å². The highest BCUT2D eigenvalue weighted by Gasteiger charge is 2.20. The normalized spacial score (nSPS) is 17.6. The quantitative estimate of drug-likeness (QED) is 0.813. The van der Waals surface area contributed by atoms with Gasteiger partial charge in [-0.05, 0) is 49.4 Å². The Kier molecular flexibility index (Phi) is 5.95. The van der Waals surface area contributed by atoms with Gasteiger partial charge in [0.1, 0.15) is 5.82 Å². The highest BCUT2D eigenvalue weighted by atomic mass is 19.1. The zero-order valence-corrected chi connectivity index (χ0v) is 12.1. The molecule has 0 aromatic heterocycles. The first-order chi connectivity index (χ1) is 9.69. The molecular weight excluding hydrogens is 257 g/mol. The Labute approximate surface area is 120 Å². The van der Waals surface area contributed by atoms with Crippen LogP contribution in [-0.2, 0) is 11.3 Å². The topological polar surface area (TPSA) is 32.7 Å². The summed E-state index contributed by atoms with van der Waals surface area (Å²) >= 11 is 0. The zero-order valence-electron chi connectivity index (χ0n) is 12.1. The van der Waals surface area contributed by atoms with E-state index in [1.165, 1.54) is 6.07 Å². The van der Waals surface area contributed by atoms with Crippen LogP contribution in [0, 0.1) is 12.7 Å². The Bertz CT molecular complexity index is 417. The van der Waals surface area contributed by atoms with Crippen molar-refractivity contribution in [3.05, 3.63) is 35.1 Å². The lowest BCUT2D eigenvalue weighted by Crippen LogP contribution is -2.36. The first-order valence-corrected chi connectivity index (χ1v) is 7.39. The molecule has 0 spiro atoms. The van der Waals surface area contributed by atoms with E-state index in [1.54, 1.807) is 6.07 Å². The van der Waals surface area contributed by atoms with Crippen molar-refractivity contribution in [2.24, 2.45) is 0 Å². The maximum absolute atomic E-state index is 13.3. The lowest BCUT2D eigenvalue weighted by molar-refractivity contribution is 0.000745. The molecule has 0 radical (unpaired) electrons. The molecule has 0 amide bonds. The number of aliphatic hydroxyl groups excluding tert-OH is 1. The van der Waals surface area contributed by atoms with Crippen molar-refractivity contribution < 1.29 is 14.2 Å². The number of aryl methyl sites for hydroxylation is 1. The molecule has 1 saturated heterocycles. The van der Waals surface area contributed by atoms with Crippen LogP contribution < -0.4 is 0 Å². The van der Waals surface area contributed by atoms with Crippen LogP contribution in [0.5, 0.6) is 0 Å². The molecule has 1 aromatic rings. The molecule has 4 heteroatoms. The van der Waals surface area contributed by atoms with Crippen LogP contribution in [0.3, 0.4) is 0 Å². The van der Waals surface area contributed by atoms with Crippen molar-refractivity contribution in [2.45, 2.75) is 38.8 Å². The lowest BCUT2D eigenvalue weighted by Gasteiger charge is -2.32. The fourth-order valence-electron chi connectivity index (χ4n) is 2.60. The molecule has 1 N–H and O–H groups in total. The van der Waals surface area contributed by atoms with Crippen LogP contribution in [0.4, 0.5) is 4.39 Å². The van der Waals surface area contributed by atoms with Crippen molar-refractivity contribution in [1.29, 1.82) is 0 Å². The predicted octanol–water partition coefficient (Wildman–Crippen LogP) is 2.50. The van der Waals surface area contributed by atoms with E-state index in [9.17, 15) is 4.39 Å². The molecule has 112 valence electrons. The standard InChI is InChI=1S/C16H24FNO2/c1-13-3-4-15(17)11-14(13)12-18-7-5-16(6-8-18)20-10-2-9-19/h3-4,11,16,19H,2,5-10,12H2,1H3. The summed E-state index contributed by atoms with van der Waals surface area (Å²) in [4.78, 5) is 2.35. The first kappa shape index (κ1) is 15.4. The summed E-state index contributed by atoms with van der Waals surface area (Å²) < 4.78 is 19.0. The van der Waals surface area contributed by atoms with Gasteiger partial charge in [0.2, 0.25) is 0 Å². The highest BCUT2D eigenvalue weighted by Crippen LogP contribution is 2.18. The Morgan fingerprint density at radius 1 is 1.35 bits per heavy atom. The minimum absolute atomic E-state index is 0.159. The number of rotatable bonds is 6. The second kappa shape index (κ2) is 7.72. The number of hydrogen-bond acceptors (Lipinski definition) is 3. The maximum atomic E-state index is 13.3. The molecule has 0 atom stereocenters. The summed E-state index contributed by atoms with van der Waals surface area (Å²) in [7, 11) is 0. The van der Waals surface area contributed by atoms with E-state index in [2.05, 4.69) is 4.90 Å². The minimum Gasteiger partial charge on any atom is -0.396 e. The van der Waals surface area contributed by atoms with Crippen LogP contribution in [0.25, 0.3) is 0 Å². The second-order valence-corrected chi connectivity index (χ2v) is 5.49. The molecule has 0 aliphatic carbocycles. The van der Waals surface area contributed by atoms with Gasteiger partial charge in [-0.15, -0.1) is 0 Å². The van der Waals surface area contributed by atoms with Gasteiger partial charge in [-0.25, -0.2) is 4.39 Å². The summed E-state index contributed by atoms with van der Waals surface area (Å²) in [5, 5.41) is 8.73. The molecule has 1 heterocycles. The largest absolute Gasteiger partial charge is 0.396 e. The summed E-state index contributed by atoms with van der Waals surface area (Å²) in [5.41, 5.74) is 2.22. The fraction of sp³-hybridized carbons (Fsp3) is 0.625. The van der Waals surface area contributed by atoms with Gasteiger partial charge in [0, 0.05) is 32.8 Å². The Morgan fingerprint density at radius 2 is 2.10 bits per heavy atom. The van der Waals surface area contributed by atoms with E-state index in [-0.39, 0.29) is 12.4 Å². The van der Waals surface area contributed by atoms with E-state index >= 15 is 0 Å². The summed E-state index contributed by atoms with van der Waals surface area (Å²) in [6.07, 6.45) is 3.05. The molecule has 20 heavy (non-hydrogen) atoms. The number of piperidine rings is 1. The number of benzene rings is 1. The summed E-state index contributed by atoms with van der Waals surface area (Å²) in [5.74, 6) is -0.159. The number of nitrogens with zero attached hydrogens (tertiary/aromatic N) is 1. The average molecular weight is 281 g/mol. The lowest BCUT2D eigenvalue weighted by atomic mass is 10.0. The SMILES string of the molecule is Cc1ccc(F)cc1CN1CCC(OCCCO)CC1. The number of halogens is 1. The summed E-state index contributed by atoms with van der Waals surface area (Å²) in [6, 6.07) is 4.99. The predicted molar refractivity (Wildman–Crippen MR) is 77.1 cm³/mol. The third-order valence-electron chi connectivity index (χ3n) is 3.90. The number of ether oxygens (including phenoxy) is 1. The summed E-state index contributed by atoms with van der Waals surface area (Å²) in [6.45, 7) is 5.65. The highest BCUT2D eigenvalue weighted by molar-refractivity contribution is 5.26. The van der Waals surface area contributed by atoms with Gasteiger partial charge >= 0.3 is 0 Å². The van der Waals surface area contributed by atoms with Gasteiger partial charge in [-0.1, -0.05) is 6.07 Å². The third kappa shape index (κ3) is 4.54.